The number of esters is 1. The van der Waals surface area contributed by atoms with Crippen LogP contribution in [0, 0.1) is 0 Å². The first-order valence-electron chi connectivity index (χ1n) is 8.82. The second-order valence-electron chi connectivity index (χ2n) is 5.93. The van der Waals surface area contributed by atoms with E-state index in [1.54, 1.807) is 30.5 Å². The van der Waals surface area contributed by atoms with Gasteiger partial charge in [-0.25, -0.2) is 9.78 Å². The van der Waals surface area contributed by atoms with E-state index < -0.39 is 0 Å². The normalized spacial score (nSPS) is 11.6. The Labute approximate surface area is 172 Å². The summed E-state index contributed by atoms with van der Waals surface area (Å²) >= 11 is 1.26. The van der Waals surface area contributed by atoms with Gasteiger partial charge >= 0.3 is 5.97 Å². The Bertz CT molecular complexity index is 1010. The van der Waals surface area contributed by atoms with Crippen LogP contribution >= 0.6 is 11.3 Å². The lowest BCUT2D eigenvalue weighted by Gasteiger charge is -2.15. The number of anilines is 1. The zero-order valence-electron chi connectivity index (χ0n) is 15.6. The molecule has 0 aliphatic carbocycles. The summed E-state index contributed by atoms with van der Waals surface area (Å²) in [4.78, 5) is 30.1. The SMILES string of the molecule is CC[NH+](CC)CCOC(=O)c1ccc(N/C=c2\sc3ncnn3c2=O)cc1.[Cl-]. The van der Waals surface area contributed by atoms with Crippen LogP contribution in [-0.4, -0.2) is 46.8 Å². The summed E-state index contributed by atoms with van der Waals surface area (Å²) in [7, 11) is 0. The number of fused-ring (bicyclic) bond motifs is 1. The third-order valence-electron chi connectivity index (χ3n) is 4.30. The molecule has 150 valence electrons. The third-order valence-corrected chi connectivity index (χ3v) is 5.27. The van der Waals surface area contributed by atoms with Crippen LogP contribution in [-0.2, 0) is 4.74 Å². The van der Waals surface area contributed by atoms with E-state index in [1.165, 1.54) is 27.1 Å². The molecule has 0 spiro atoms. The lowest BCUT2D eigenvalue weighted by molar-refractivity contribution is -0.896. The highest BCUT2D eigenvalue weighted by molar-refractivity contribution is 7.15. The molecule has 0 saturated carbocycles. The first kappa shape index (κ1) is 21.8. The Morgan fingerprint density at radius 3 is 2.64 bits per heavy atom. The zero-order chi connectivity index (χ0) is 19.2. The standard InChI is InChI=1S/C18H21N5O3S.ClH/c1-3-22(4-2)9-10-26-17(25)13-5-7-14(8-6-13)19-11-15-16(24)23-18(27-15)20-12-21-23;/h5-8,11-12,19H,3-4,9-10H2,1-2H3;1H/b15-11-;. The van der Waals surface area contributed by atoms with Crippen molar-refractivity contribution in [2.24, 2.45) is 0 Å². The predicted molar refractivity (Wildman–Crippen MR) is 104 cm³/mol. The number of hydrogen-bond donors (Lipinski definition) is 2. The molecule has 0 atom stereocenters. The second kappa shape index (κ2) is 10.2. The van der Waals surface area contributed by atoms with Gasteiger partial charge in [-0.1, -0.05) is 11.3 Å². The van der Waals surface area contributed by atoms with Crippen LogP contribution < -0.4 is 32.7 Å². The van der Waals surface area contributed by atoms with Crippen molar-refractivity contribution in [1.29, 1.82) is 0 Å². The van der Waals surface area contributed by atoms with E-state index in [4.69, 9.17) is 4.74 Å². The molecule has 1 aromatic carbocycles. The summed E-state index contributed by atoms with van der Waals surface area (Å²) < 4.78 is 7.10. The topological polar surface area (TPSA) is 90.0 Å². The van der Waals surface area contributed by atoms with E-state index in [2.05, 4.69) is 29.2 Å². The number of carbonyl (C=O) groups excluding carboxylic acids is 1. The molecule has 28 heavy (non-hydrogen) atoms. The van der Waals surface area contributed by atoms with E-state index in [-0.39, 0.29) is 23.9 Å². The molecule has 3 aromatic rings. The van der Waals surface area contributed by atoms with Crippen LogP contribution in [0.25, 0.3) is 11.2 Å². The van der Waals surface area contributed by atoms with E-state index in [1.807, 2.05) is 0 Å². The molecule has 2 heterocycles. The van der Waals surface area contributed by atoms with Gasteiger partial charge in [0.05, 0.1) is 18.7 Å². The number of quaternary nitrogens is 1. The Balaban J connectivity index is 0.00000280. The fourth-order valence-corrected chi connectivity index (χ4v) is 3.41. The fraction of sp³-hybridized carbons (Fsp3) is 0.333. The number of hydrogen-bond acceptors (Lipinski definition) is 7. The molecule has 10 heteroatoms. The number of aromatic nitrogens is 3. The Hall–Kier alpha value is -2.49. The number of ether oxygens (including phenoxy) is 1. The molecular weight excluding hydrogens is 402 g/mol. The number of thiazole rings is 1. The monoisotopic (exact) mass is 423 g/mol. The summed E-state index contributed by atoms with van der Waals surface area (Å²) in [5.74, 6) is -0.329. The highest BCUT2D eigenvalue weighted by Crippen LogP contribution is 2.10. The van der Waals surface area contributed by atoms with Crippen LogP contribution in [0.1, 0.15) is 24.2 Å². The highest BCUT2D eigenvalue weighted by Gasteiger charge is 2.09. The maximum absolute atomic E-state index is 12.1. The molecular formula is C18H22ClN5O3S. The van der Waals surface area contributed by atoms with E-state index in [9.17, 15) is 9.59 Å². The Morgan fingerprint density at radius 2 is 2.00 bits per heavy atom. The van der Waals surface area contributed by atoms with E-state index >= 15 is 0 Å². The summed E-state index contributed by atoms with van der Waals surface area (Å²) in [6, 6.07) is 6.93. The maximum Gasteiger partial charge on any atom is 0.338 e. The van der Waals surface area contributed by atoms with Crippen LogP contribution in [0.2, 0.25) is 0 Å². The van der Waals surface area contributed by atoms with Gasteiger partial charge < -0.3 is 27.4 Å². The molecule has 0 aliphatic heterocycles. The van der Waals surface area contributed by atoms with Crippen molar-refractivity contribution in [3.8, 4) is 0 Å². The number of benzene rings is 1. The third kappa shape index (κ3) is 5.06. The van der Waals surface area contributed by atoms with Gasteiger partial charge in [-0.2, -0.15) is 9.61 Å². The molecule has 0 fully saturated rings. The minimum absolute atomic E-state index is 0. The van der Waals surface area contributed by atoms with Gasteiger partial charge in [0.2, 0.25) is 4.96 Å². The quantitative estimate of drug-likeness (QED) is 0.371. The summed E-state index contributed by atoms with van der Waals surface area (Å²) in [6.07, 6.45) is 2.97. The van der Waals surface area contributed by atoms with Crippen LogP contribution in [0.4, 0.5) is 5.69 Å². The summed E-state index contributed by atoms with van der Waals surface area (Å²) in [6.45, 7) is 7.48. The second-order valence-corrected chi connectivity index (χ2v) is 6.94. The predicted octanol–water partition coefficient (Wildman–Crippen LogP) is -3.19. The van der Waals surface area contributed by atoms with Gasteiger partial charge in [-0.05, 0) is 38.1 Å². The molecule has 0 saturated heterocycles. The lowest BCUT2D eigenvalue weighted by atomic mass is 10.2. The lowest BCUT2D eigenvalue weighted by Crippen LogP contribution is -3.11. The molecule has 2 aromatic heterocycles. The number of carbonyl (C=O) groups is 1. The largest absolute Gasteiger partial charge is 1.00 e. The Kier molecular flexibility index (Phi) is 7.91. The minimum atomic E-state index is -0.329. The Morgan fingerprint density at radius 1 is 1.29 bits per heavy atom. The van der Waals surface area contributed by atoms with Crippen molar-refractivity contribution in [3.63, 3.8) is 0 Å². The van der Waals surface area contributed by atoms with Crippen LogP contribution in [0.5, 0.6) is 0 Å². The van der Waals surface area contributed by atoms with Gasteiger partial charge in [-0.15, -0.1) is 0 Å². The first-order chi connectivity index (χ1) is 13.1. The van der Waals surface area contributed by atoms with Crippen LogP contribution in [0.3, 0.4) is 0 Å². The van der Waals surface area contributed by atoms with Crippen molar-refractivity contribution in [2.75, 3.05) is 31.6 Å². The first-order valence-corrected chi connectivity index (χ1v) is 9.64. The van der Waals surface area contributed by atoms with Crippen molar-refractivity contribution in [2.45, 2.75) is 13.8 Å². The van der Waals surface area contributed by atoms with Gasteiger partial charge in [0, 0.05) is 11.9 Å². The summed E-state index contributed by atoms with van der Waals surface area (Å²) in [5, 5.41) is 6.93. The summed E-state index contributed by atoms with van der Waals surface area (Å²) in [5.41, 5.74) is 1.05. The van der Waals surface area contributed by atoms with Crippen molar-refractivity contribution < 1.29 is 26.8 Å². The number of halogens is 1. The molecule has 0 amide bonds. The average molecular weight is 424 g/mol. The van der Waals surface area contributed by atoms with Gasteiger partial charge in [0.25, 0.3) is 5.56 Å². The van der Waals surface area contributed by atoms with E-state index in [0.717, 1.165) is 25.3 Å². The molecule has 3 rings (SSSR count). The minimum Gasteiger partial charge on any atom is -1.00 e. The molecule has 2 N–H and O–H groups in total. The molecule has 0 bridgehead atoms. The van der Waals surface area contributed by atoms with E-state index in [0.29, 0.717) is 21.7 Å². The van der Waals surface area contributed by atoms with Crippen molar-refractivity contribution >= 4 is 34.2 Å². The number of nitrogens with one attached hydrogen (secondary N) is 2. The molecule has 0 unspecified atom stereocenters. The average Bonchev–Trinajstić information content (AvgIpc) is 3.27. The van der Waals surface area contributed by atoms with Crippen LogP contribution in [0.15, 0.2) is 35.4 Å². The van der Waals surface area contributed by atoms with Gasteiger partial charge in [0.1, 0.15) is 24.0 Å². The number of rotatable bonds is 8. The van der Waals surface area contributed by atoms with Crippen molar-refractivity contribution in [1.82, 2.24) is 14.6 Å². The number of likely N-dealkylation sites (N-methyl/N-ethyl adjacent to an activating group) is 1. The van der Waals surface area contributed by atoms with Gasteiger partial charge in [0.15, 0.2) is 0 Å². The highest BCUT2D eigenvalue weighted by atomic mass is 35.5. The molecule has 8 nitrogen and oxygen atoms in total. The fourth-order valence-electron chi connectivity index (χ4n) is 2.60. The smallest absolute Gasteiger partial charge is 0.338 e. The number of nitrogens with zero attached hydrogens (tertiary/aromatic N) is 3. The van der Waals surface area contributed by atoms with Gasteiger partial charge in [-0.3, -0.25) is 4.79 Å². The molecule has 0 radical (unpaired) electrons. The van der Waals surface area contributed by atoms with Crippen molar-refractivity contribution in [3.05, 3.63) is 51.0 Å². The zero-order valence-corrected chi connectivity index (χ0v) is 17.2. The maximum atomic E-state index is 12.1. The molecule has 0 aliphatic rings.